The van der Waals surface area contributed by atoms with Gasteiger partial charge in [-0.1, -0.05) is 18.2 Å². The van der Waals surface area contributed by atoms with Crippen molar-refractivity contribution < 1.29 is 0 Å². The van der Waals surface area contributed by atoms with Crippen molar-refractivity contribution >= 4 is 12.6 Å². The van der Waals surface area contributed by atoms with E-state index in [1.54, 1.807) is 0 Å². The third kappa shape index (κ3) is 2.92. The van der Waals surface area contributed by atoms with Crippen LogP contribution in [-0.4, -0.2) is 5.75 Å². The van der Waals surface area contributed by atoms with Crippen molar-refractivity contribution in [2.24, 2.45) is 0 Å². The first-order valence-corrected chi connectivity index (χ1v) is 3.37. The molecule has 0 aliphatic rings. The average molecular weight is 128 g/mol. The lowest BCUT2D eigenvalue weighted by atomic mass is 10.3. The van der Waals surface area contributed by atoms with Crippen LogP contribution in [0.4, 0.5) is 0 Å². The molecule has 0 spiro atoms. The number of allylic oxidation sites excluding steroid dienone is 3. The quantitative estimate of drug-likeness (QED) is 0.428. The lowest BCUT2D eigenvalue weighted by molar-refractivity contribution is 1.49. The maximum atomic E-state index is 4.11. The molecule has 0 atom stereocenters. The molecule has 0 unspecified atom stereocenters. The highest BCUT2D eigenvalue weighted by molar-refractivity contribution is 7.80. The van der Waals surface area contributed by atoms with Gasteiger partial charge in [-0.15, -0.1) is 0 Å². The van der Waals surface area contributed by atoms with Gasteiger partial charge in [-0.05, 0) is 19.4 Å². The summed E-state index contributed by atoms with van der Waals surface area (Å²) >= 11 is 4.11. The number of rotatable bonds is 2. The molecule has 0 nitrogen and oxygen atoms in total. The number of hydrogen-bond acceptors (Lipinski definition) is 1. The highest BCUT2D eigenvalue weighted by Crippen LogP contribution is 1.97. The molecule has 0 bridgehead atoms. The standard InChI is InChI=1S/C7H12S/c1-3-5-7(4-2)6-8/h3-5,8H,6H2,1-2H3/b5-3-,7-4+. The van der Waals surface area contributed by atoms with Crippen molar-refractivity contribution in [1.82, 2.24) is 0 Å². The zero-order valence-electron chi connectivity index (χ0n) is 5.39. The lowest BCUT2D eigenvalue weighted by Crippen LogP contribution is -1.75. The van der Waals surface area contributed by atoms with Gasteiger partial charge >= 0.3 is 0 Å². The van der Waals surface area contributed by atoms with E-state index in [0.29, 0.717) is 0 Å². The summed E-state index contributed by atoms with van der Waals surface area (Å²) in [6.45, 7) is 4.03. The molecule has 8 heavy (non-hydrogen) atoms. The van der Waals surface area contributed by atoms with Crippen molar-refractivity contribution in [1.29, 1.82) is 0 Å². The molecular formula is C7H12S. The minimum Gasteiger partial charge on any atom is -0.175 e. The van der Waals surface area contributed by atoms with Gasteiger partial charge in [0.25, 0.3) is 0 Å². The van der Waals surface area contributed by atoms with Crippen LogP contribution in [0.3, 0.4) is 0 Å². The first kappa shape index (κ1) is 7.83. The summed E-state index contributed by atoms with van der Waals surface area (Å²) in [6, 6.07) is 0. The van der Waals surface area contributed by atoms with E-state index in [1.807, 2.05) is 19.9 Å². The summed E-state index contributed by atoms with van der Waals surface area (Å²) < 4.78 is 0. The van der Waals surface area contributed by atoms with Crippen LogP contribution in [0.15, 0.2) is 23.8 Å². The first-order chi connectivity index (χ1) is 3.85. The van der Waals surface area contributed by atoms with E-state index in [9.17, 15) is 0 Å². The summed E-state index contributed by atoms with van der Waals surface area (Å²) in [5, 5.41) is 0. The molecule has 0 amide bonds. The Labute approximate surface area is 56.7 Å². The normalized spacial score (nSPS) is 13.1. The SMILES string of the molecule is C/C=C\C(=C/C)CS. The summed E-state index contributed by atoms with van der Waals surface area (Å²) in [4.78, 5) is 0. The van der Waals surface area contributed by atoms with E-state index in [4.69, 9.17) is 0 Å². The summed E-state index contributed by atoms with van der Waals surface area (Å²) in [7, 11) is 0. The van der Waals surface area contributed by atoms with E-state index < -0.39 is 0 Å². The van der Waals surface area contributed by atoms with Crippen LogP contribution in [0.5, 0.6) is 0 Å². The third-order valence-electron chi connectivity index (χ3n) is 0.934. The Bertz CT molecular complexity index is 98.2. The Morgan fingerprint density at radius 2 is 2.12 bits per heavy atom. The minimum absolute atomic E-state index is 0.834. The molecule has 0 rings (SSSR count). The largest absolute Gasteiger partial charge is 0.175 e. The van der Waals surface area contributed by atoms with Gasteiger partial charge in [0, 0.05) is 5.75 Å². The first-order valence-electron chi connectivity index (χ1n) is 2.74. The van der Waals surface area contributed by atoms with Crippen LogP contribution in [0.2, 0.25) is 0 Å². The van der Waals surface area contributed by atoms with E-state index in [0.717, 1.165) is 5.75 Å². The molecule has 0 aliphatic heterocycles. The van der Waals surface area contributed by atoms with Crippen molar-refractivity contribution in [3.63, 3.8) is 0 Å². The fraction of sp³-hybridized carbons (Fsp3) is 0.429. The molecule has 0 saturated heterocycles. The highest BCUT2D eigenvalue weighted by atomic mass is 32.1. The molecule has 46 valence electrons. The number of thiol groups is 1. The van der Waals surface area contributed by atoms with E-state index in [1.165, 1.54) is 5.57 Å². The number of hydrogen-bond donors (Lipinski definition) is 1. The van der Waals surface area contributed by atoms with Crippen molar-refractivity contribution in [2.45, 2.75) is 13.8 Å². The van der Waals surface area contributed by atoms with Gasteiger partial charge in [0.05, 0.1) is 0 Å². The van der Waals surface area contributed by atoms with Crippen LogP contribution in [0.1, 0.15) is 13.8 Å². The molecule has 0 aromatic carbocycles. The Morgan fingerprint density at radius 1 is 1.50 bits per heavy atom. The predicted molar refractivity (Wildman–Crippen MR) is 42.4 cm³/mol. The topological polar surface area (TPSA) is 0 Å². The van der Waals surface area contributed by atoms with Gasteiger partial charge in [0.15, 0.2) is 0 Å². The molecule has 0 aromatic heterocycles. The van der Waals surface area contributed by atoms with Gasteiger partial charge in [0.1, 0.15) is 0 Å². The Morgan fingerprint density at radius 3 is 2.25 bits per heavy atom. The zero-order valence-corrected chi connectivity index (χ0v) is 6.28. The third-order valence-corrected chi connectivity index (χ3v) is 1.30. The Kier molecular flexibility index (Phi) is 4.87. The van der Waals surface area contributed by atoms with Gasteiger partial charge in [-0.25, -0.2) is 0 Å². The van der Waals surface area contributed by atoms with Gasteiger partial charge < -0.3 is 0 Å². The van der Waals surface area contributed by atoms with Crippen LogP contribution >= 0.6 is 12.6 Å². The van der Waals surface area contributed by atoms with Crippen molar-refractivity contribution in [3.05, 3.63) is 23.8 Å². The van der Waals surface area contributed by atoms with E-state index >= 15 is 0 Å². The molecule has 0 saturated carbocycles. The summed E-state index contributed by atoms with van der Waals surface area (Å²) in [5.74, 6) is 0.834. The molecule has 0 fully saturated rings. The second-order valence-electron chi connectivity index (χ2n) is 1.52. The predicted octanol–water partition coefficient (Wildman–Crippen LogP) is 2.44. The summed E-state index contributed by atoms with van der Waals surface area (Å²) in [6.07, 6.45) is 6.14. The maximum Gasteiger partial charge on any atom is 0.0150 e. The van der Waals surface area contributed by atoms with Crippen LogP contribution in [0, 0.1) is 0 Å². The van der Waals surface area contributed by atoms with E-state index in [-0.39, 0.29) is 0 Å². The molecule has 0 radical (unpaired) electrons. The van der Waals surface area contributed by atoms with Gasteiger partial charge in [-0.3, -0.25) is 0 Å². The fourth-order valence-corrected chi connectivity index (χ4v) is 0.742. The molecule has 0 N–H and O–H groups in total. The van der Waals surface area contributed by atoms with Crippen LogP contribution < -0.4 is 0 Å². The fourth-order valence-electron chi connectivity index (χ4n) is 0.454. The molecule has 1 heteroatoms. The minimum atomic E-state index is 0.834. The lowest BCUT2D eigenvalue weighted by Gasteiger charge is -1.89. The van der Waals surface area contributed by atoms with Gasteiger partial charge in [-0.2, -0.15) is 12.6 Å². The second kappa shape index (κ2) is 4.98. The van der Waals surface area contributed by atoms with Gasteiger partial charge in [0.2, 0.25) is 0 Å². The summed E-state index contributed by atoms with van der Waals surface area (Å²) in [5.41, 5.74) is 1.27. The zero-order chi connectivity index (χ0) is 6.41. The maximum absolute atomic E-state index is 4.11. The van der Waals surface area contributed by atoms with Crippen LogP contribution in [0.25, 0.3) is 0 Å². The second-order valence-corrected chi connectivity index (χ2v) is 1.84. The Balaban J connectivity index is 3.72. The molecule has 0 aromatic rings. The highest BCUT2D eigenvalue weighted by Gasteiger charge is 1.80. The van der Waals surface area contributed by atoms with E-state index in [2.05, 4.69) is 24.8 Å². The molecular weight excluding hydrogens is 116 g/mol. The Hall–Kier alpha value is -0.170. The van der Waals surface area contributed by atoms with Crippen molar-refractivity contribution in [2.75, 3.05) is 5.75 Å². The molecule has 0 aliphatic carbocycles. The van der Waals surface area contributed by atoms with Crippen LogP contribution in [-0.2, 0) is 0 Å². The average Bonchev–Trinajstić information content (AvgIpc) is 1.83. The molecule has 0 heterocycles. The monoisotopic (exact) mass is 128 g/mol. The smallest absolute Gasteiger partial charge is 0.0150 e. The van der Waals surface area contributed by atoms with Crippen molar-refractivity contribution in [3.8, 4) is 0 Å².